The molecular weight excluding hydrogens is 150 g/mol. The molecule has 2 nitrogen and oxygen atoms in total. The molecule has 0 bridgehead atoms. The average Bonchev–Trinajstić information content (AvgIpc) is 2.14. The molecule has 0 fully saturated rings. The van der Waals surface area contributed by atoms with E-state index in [4.69, 9.17) is 4.74 Å². The molecule has 0 aromatic heterocycles. The molecule has 0 saturated carbocycles. The van der Waals surface area contributed by atoms with E-state index in [0.717, 1.165) is 6.42 Å². The number of hydrogen-bond acceptors (Lipinski definition) is 2. The van der Waals surface area contributed by atoms with Crippen LogP contribution in [0, 0.1) is 0 Å². The molecule has 2 heteroatoms. The Morgan fingerprint density at radius 3 is 2.92 bits per heavy atom. The van der Waals surface area contributed by atoms with Gasteiger partial charge in [0.25, 0.3) is 0 Å². The number of nitrogens with zero attached hydrogens (tertiary/aromatic N) is 1. The number of ether oxygens (including phenoxy) is 1. The van der Waals surface area contributed by atoms with Gasteiger partial charge < -0.3 is 4.74 Å². The standard InChI is InChI=1S/C10H17NO/c1-2-3-4-5-7-10-11-8-6-9-12-10/h6,8-10H,2-5,7H2,1H3. The van der Waals surface area contributed by atoms with Crippen molar-refractivity contribution in [1.29, 1.82) is 0 Å². The van der Waals surface area contributed by atoms with Crippen molar-refractivity contribution >= 4 is 6.21 Å². The summed E-state index contributed by atoms with van der Waals surface area (Å²) >= 11 is 0. The van der Waals surface area contributed by atoms with Crippen LogP contribution in [0.5, 0.6) is 0 Å². The monoisotopic (exact) mass is 167 g/mol. The lowest BCUT2D eigenvalue weighted by Crippen LogP contribution is -2.08. The Hall–Kier alpha value is -0.790. The van der Waals surface area contributed by atoms with E-state index >= 15 is 0 Å². The summed E-state index contributed by atoms with van der Waals surface area (Å²) in [6.45, 7) is 2.22. The first-order chi connectivity index (χ1) is 5.93. The molecule has 1 heterocycles. The Morgan fingerprint density at radius 1 is 1.33 bits per heavy atom. The predicted molar refractivity (Wildman–Crippen MR) is 51.3 cm³/mol. The first kappa shape index (κ1) is 9.30. The quantitative estimate of drug-likeness (QED) is 0.577. The minimum atomic E-state index is 0.0897. The summed E-state index contributed by atoms with van der Waals surface area (Å²) in [7, 11) is 0. The molecule has 68 valence electrons. The third-order valence-corrected chi connectivity index (χ3v) is 1.96. The minimum absolute atomic E-state index is 0.0897. The van der Waals surface area contributed by atoms with Crippen LogP contribution in [-0.2, 0) is 4.74 Å². The second kappa shape index (κ2) is 5.81. The Balaban J connectivity index is 2.00. The zero-order valence-corrected chi connectivity index (χ0v) is 7.70. The van der Waals surface area contributed by atoms with Gasteiger partial charge in [-0.1, -0.05) is 26.2 Å². The zero-order valence-electron chi connectivity index (χ0n) is 7.70. The van der Waals surface area contributed by atoms with E-state index in [1.165, 1.54) is 25.7 Å². The molecule has 0 aliphatic carbocycles. The molecule has 0 amide bonds. The number of rotatable bonds is 5. The maximum Gasteiger partial charge on any atom is 0.188 e. The van der Waals surface area contributed by atoms with Gasteiger partial charge in [-0.25, -0.2) is 0 Å². The maximum atomic E-state index is 5.28. The highest BCUT2D eigenvalue weighted by atomic mass is 16.5. The summed E-state index contributed by atoms with van der Waals surface area (Å²) in [5, 5.41) is 0. The van der Waals surface area contributed by atoms with Crippen LogP contribution in [0.15, 0.2) is 17.3 Å². The van der Waals surface area contributed by atoms with Crippen molar-refractivity contribution in [2.75, 3.05) is 0 Å². The Morgan fingerprint density at radius 2 is 2.25 bits per heavy atom. The van der Waals surface area contributed by atoms with Crippen molar-refractivity contribution in [3.63, 3.8) is 0 Å². The van der Waals surface area contributed by atoms with Crippen LogP contribution in [0.25, 0.3) is 0 Å². The van der Waals surface area contributed by atoms with Gasteiger partial charge in [-0.05, 0) is 12.5 Å². The first-order valence-electron chi connectivity index (χ1n) is 4.77. The van der Waals surface area contributed by atoms with Gasteiger partial charge in [0.05, 0.1) is 6.26 Å². The molecule has 0 radical (unpaired) electrons. The molecule has 0 spiro atoms. The van der Waals surface area contributed by atoms with E-state index in [1.54, 1.807) is 6.26 Å². The highest BCUT2D eigenvalue weighted by Crippen LogP contribution is 2.10. The molecule has 0 aromatic rings. The van der Waals surface area contributed by atoms with Gasteiger partial charge in [-0.2, -0.15) is 0 Å². The highest BCUT2D eigenvalue weighted by Gasteiger charge is 2.05. The van der Waals surface area contributed by atoms with Crippen LogP contribution < -0.4 is 0 Å². The molecule has 1 aliphatic heterocycles. The molecule has 1 aliphatic rings. The Labute approximate surface area is 74.3 Å². The molecule has 1 unspecified atom stereocenters. The van der Waals surface area contributed by atoms with Crippen LogP contribution in [0.3, 0.4) is 0 Å². The zero-order chi connectivity index (χ0) is 8.65. The third-order valence-electron chi connectivity index (χ3n) is 1.96. The van der Waals surface area contributed by atoms with E-state index < -0.39 is 0 Å². The van der Waals surface area contributed by atoms with Crippen LogP contribution >= 0.6 is 0 Å². The summed E-state index contributed by atoms with van der Waals surface area (Å²) in [5.74, 6) is 0. The van der Waals surface area contributed by atoms with E-state index in [0.29, 0.717) is 0 Å². The van der Waals surface area contributed by atoms with Crippen molar-refractivity contribution in [2.45, 2.75) is 45.3 Å². The lowest BCUT2D eigenvalue weighted by molar-refractivity contribution is 0.138. The minimum Gasteiger partial charge on any atom is -0.476 e. The van der Waals surface area contributed by atoms with Gasteiger partial charge in [-0.3, -0.25) is 4.99 Å². The fraction of sp³-hybridized carbons (Fsp3) is 0.700. The predicted octanol–water partition coefficient (Wildman–Crippen LogP) is 2.90. The molecule has 0 aromatic carbocycles. The summed E-state index contributed by atoms with van der Waals surface area (Å²) in [6, 6.07) is 0. The van der Waals surface area contributed by atoms with Gasteiger partial charge >= 0.3 is 0 Å². The van der Waals surface area contributed by atoms with Crippen molar-refractivity contribution < 1.29 is 4.74 Å². The number of allylic oxidation sites excluding steroid dienone is 1. The van der Waals surface area contributed by atoms with Gasteiger partial charge in [0, 0.05) is 12.6 Å². The van der Waals surface area contributed by atoms with Gasteiger partial charge in [0.2, 0.25) is 0 Å². The molecule has 1 rings (SSSR count). The second-order valence-electron chi connectivity index (χ2n) is 3.07. The Bertz CT molecular complexity index is 163. The maximum absolute atomic E-state index is 5.28. The topological polar surface area (TPSA) is 21.6 Å². The normalized spacial score (nSPS) is 20.9. The smallest absolute Gasteiger partial charge is 0.188 e. The van der Waals surface area contributed by atoms with Gasteiger partial charge in [0.15, 0.2) is 6.23 Å². The molecule has 0 saturated heterocycles. The largest absolute Gasteiger partial charge is 0.476 e. The summed E-state index contributed by atoms with van der Waals surface area (Å²) in [5.41, 5.74) is 0. The number of aliphatic imine (C=N–C) groups is 1. The van der Waals surface area contributed by atoms with Crippen LogP contribution in [0.2, 0.25) is 0 Å². The van der Waals surface area contributed by atoms with Crippen molar-refractivity contribution in [3.05, 3.63) is 12.3 Å². The number of unbranched alkanes of at least 4 members (excludes halogenated alkanes) is 3. The highest BCUT2D eigenvalue weighted by molar-refractivity contribution is 5.71. The van der Waals surface area contributed by atoms with E-state index in [2.05, 4.69) is 11.9 Å². The Kier molecular flexibility index (Phi) is 4.50. The van der Waals surface area contributed by atoms with Crippen molar-refractivity contribution in [1.82, 2.24) is 0 Å². The summed E-state index contributed by atoms with van der Waals surface area (Å²) in [6.07, 6.45) is 11.6. The van der Waals surface area contributed by atoms with Crippen LogP contribution in [0.4, 0.5) is 0 Å². The van der Waals surface area contributed by atoms with E-state index in [-0.39, 0.29) is 6.23 Å². The lowest BCUT2D eigenvalue weighted by Gasteiger charge is -2.13. The van der Waals surface area contributed by atoms with Gasteiger partial charge in [0.1, 0.15) is 0 Å². The molecule has 1 atom stereocenters. The van der Waals surface area contributed by atoms with Crippen LogP contribution in [-0.4, -0.2) is 12.4 Å². The van der Waals surface area contributed by atoms with E-state index in [1.807, 2.05) is 12.3 Å². The molecular formula is C10H17NO. The summed E-state index contributed by atoms with van der Waals surface area (Å²) < 4.78 is 5.28. The van der Waals surface area contributed by atoms with E-state index in [9.17, 15) is 0 Å². The van der Waals surface area contributed by atoms with Crippen molar-refractivity contribution in [2.24, 2.45) is 4.99 Å². The number of hydrogen-bond donors (Lipinski definition) is 0. The van der Waals surface area contributed by atoms with Crippen LogP contribution in [0.1, 0.15) is 39.0 Å². The van der Waals surface area contributed by atoms with Crippen molar-refractivity contribution in [3.8, 4) is 0 Å². The molecule has 0 N–H and O–H groups in total. The fourth-order valence-corrected chi connectivity index (χ4v) is 1.24. The lowest BCUT2D eigenvalue weighted by atomic mass is 10.1. The molecule has 12 heavy (non-hydrogen) atoms. The summed E-state index contributed by atoms with van der Waals surface area (Å²) in [4.78, 5) is 4.19. The second-order valence-corrected chi connectivity index (χ2v) is 3.07. The third kappa shape index (κ3) is 3.56. The first-order valence-corrected chi connectivity index (χ1v) is 4.77. The average molecular weight is 167 g/mol. The SMILES string of the molecule is CCCCCCC1N=CC=CO1. The fourth-order valence-electron chi connectivity index (χ4n) is 1.24. The van der Waals surface area contributed by atoms with Gasteiger partial charge in [-0.15, -0.1) is 0 Å².